The second-order valence-corrected chi connectivity index (χ2v) is 8.95. The molecule has 0 saturated carbocycles. The standard InChI is InChI=1S/C27H30ClFO2/c1-2-3-21-17-30-26(31-18-21)15-8-20-7-14-25-23(16-20)11-10-22(27(25)29)9-4-19-5-12-24(28)13-6-19/h5-7,10-14,16,21,26H,2-4,8-9,15,17-18H2,1H3. The summed E-state index contributed by atoms with van der Waals surface area (Å²) in [7, 11) is 0. The molecular formula is C27H30ClFO2. The van der Waals surface area contributed by atoms with Gasteiger partial charge >= 0.3 is 0 Å². The van der Waals surface area contributed by atoms with Crippen LogP contribution < -0.4 is 0 Å². The average molecular weight is 441 g/mol. The molecule has 31 heavy (non-hydrogen) atoms. The quantitative estimate of drug-likeness (QED) is 0.370. The second-order valence-electron chi connectivity index (χ2n) is 8.51. The van der Waals surface area contributed by atoms with Gasteiger partial charge in [-0.2, -0.15) is 0 Å². The van der Waals surface area contributed by atoms with Crippen LogP contribution in [0, 0.1) is 11.7 Å². The molecule has 164 valence electrons. The molecule has 1 aliphatic heterocycles. The van der Waals surface area contributed by atoms with Crippen LogP contribution in [0.2, 0.25) is 5.02 Å². The zero-order valence-corrected chi connectivity index (χ0v) is 18.8. The molecule has 0 atom stereocenters. The SMILES string of the molecule is CCCC1COC(CCc2ccc3c(F)c(CCc4ccc(Cl)cc4)ccc3c2)OC1. The van der Waals surface area contributed by atoms with Crippen LogP contribution in [0.25, 0.3) is 10.8 Å². The van der Waals surface area contributed by atoms with E-state index in [1.165, 1.54) is 12.0 Å². The highest BCUT2D eigenvalue weighted by Gasteiger charge is 2.21. The number of aryl methyl sites for hydroxylation is 3. The highest BCUT2D eigenvalue weighted by atomic mass is 35.5. The Morgan fingerprint density at radius 2 is 1.61 bits per heavy atom. The minimum atomic E-state index is -0.129. The molecule has 0 radical (unpaired) electrons. The summed E-state index contributed by atoms with van der Waals surface area (Å²) in [4.78, 5) is 0. The van der Waals surface area contributed by atoms with Crippen LogP contribution in [0.15, 0.2) is 54.6 Å². The number of benzene rings is 3. The molecule has 0 bridgehead atoms. The first-order valence-electron chi connectivity index (χ1n) is 11.3. The Morgan fingerprint density at radius 1 is 0.871 bits per heavy atom. The third-order valence-electron chi connectivity index (χ3n) is 6.10. The molecule has 1 aliphatic rings. The fourth-order valence-corrected chi connectivity index (χ4v) is 4.40. The summed E-state index contributed by atoms with van der Waals surface area (Å²) < 4.78 is 26.8. The van der Waals surface area contributed by atoms with Crippen molar-refractivity contribution in [2.24, 2.45) is 5.92 Å². The first-order valence-corrected chi connectivity index (χ1v) is 11.7. The van der Waals surface area contributed by atoms with E-state index in [9.17, 15) is 0 Å². The molecule has 1 heterocycles. The van der Waals surface area contributed by atoms with E-state index >= 15 is 4.39 Å². The second kappa shape index (κ2) is 10.6. The predicted molar refractivity (Wildman–Crippen MR) is 125 cm³/mol. The van der Waals surface area contributed by atoms with Crippen molar-refractivity contribution >= 4 is 22.4 Å². The molecule has 2 nitrogen and oxygen atoms in total. The monoisotopic (exact) mass is 440 g/mol. The lowest BCUT2D eigenvalue weighted by Gasteiger charge is -2.29. The molecule has 1 saturated heterocycles. The highest BCUT2D eigenvalue weighted by Crippen LogP contribution is 2.25. The van der Waals surface area contributed by atoms with E-state index in [2.05, 4.69) is 13.0 Å². The van der Waals surface area contributed by atoms with Crippen molar-refractivity contribution in [3.05, 3.63) is 82.1 Å². The summed E-state index contributed by atoms with van der Waals surface area (Å²) in [6.07, 6.45) is 5.34. The summed E-state index contributed by atoms with van der Waals surface area (Å²) >= 11 is 5.94. The maximum absolute atomic E-state index is 15.1. The minimum Gasteiger partial charge on any atom is -0.352 e. The van der Waals surface area contributed by atoms with E-state index in [4.69, 9.17) is 21.1 Å². The van der Waals surface area contributed by atoms with Crippen molar-refractivity contribution in [1.82, 2.24) is 0 Å². The Balaban J connectivity index is 1.36. The topological polar surface area (TPSA) is 18.5 Å². The number of rotatable bonds is 8. The fraction of sp³-hybridized carbons (Fsp3) is 0.407. The molecule has 4 rings (SSSR count). The molecule has 3 aromatic rings. The van der Waals surface area contributed by atoms with E-state index in [0.717, 1.165) is 60.4 Å². The van der Waals surface area contributed by atoms with Gasteiger partial charge in [-0.15, -0.1) is 0 Å². The number of halogens is 2. The van der Waals surface area contributed by atoms with Gasteiger partial charge in [-0.05, 0) is 59.9 Å². The molecular weight excluding hydrogens is 411 g/mol. The Labute approximate surface area is 189 Å². The van der Waals surface area contributed by atoms with Crippen LogP contribution >= 0.6 is 11.6 Å². The van der Waals surface area contributed by atoms with Gasteiger partial charge in [-0.25, -0.2) is 4.39 Å². The van der Waals surface area contributed by atoms with E-state index in [-0.39, 0.29) is 12.1 Å². The van der Waals surface area contributed by atoms with E-state index in [0.29, 0.717) is 17.7 Å². The Bertz CT molecular complexity index is 994. The van der Waals surface area contributed by atoms with Gasteiger partial charge in [0, 0.05) is 22.7 Å². The van der Waals surface area contributed by atoms with Crippen LogP contribution in [0.5, 0.6) is 0 Å². The first kappa shape index (κ1) is 22.3. The summed E-state index contributed by atoms with van der Waals surface area (Å²) in [5.41, 5.74) is 3.09. The largest absolute Gasteiger partial charge is 0.352 e. The summed E-state index contributed by atoms with van der Waals surface area (Å²) in [5, 5.41) is 2.35. The van der Waals surface area contributed by atoms with Crippen molar-refractivity contribution in [1.29, 1.82) is 0 Å². The average Bonchev–Trinajstić information content (AvgIpc) is 2.79. The van der Waals surface area contributed by atoms with E-state index in [1.807, 2.05) is 48.5 Å². The van der Waals surface area contributed by atoms with Gasteiger partial charge in [0.2, 0.25) is 0 Å². The lowest BCUT2D eigenvalue weighted by Crippen LogP contribution is -2.32. The Hall–Kier alpha value is -1.94. The molecule has 0 aliphatic carbocycles. The minimum absolute atomic E-state index is 0.112. The van der Waals surface area contributed by atoms with Crippen molar-refractivity contribution in [2.75, 3.05) is 13.2 Å². The molecule has 0 spiro atoms. The number of ether oxygens (including phenoxy) is 2. The van der Waals surface area contributed by atoms with Crippen LogP contribution in [0.3, 0.4) is 0 Å². The third kappa shape index (κ3) is 5.85. The van der Waals surface area contributed by atoms with Gasteiger partial charge in [0.15, 0.2) is 6.29 Å². The molecule has 0 unspecified atom stereocenters. The predicted octanol–water partition coefficient (Wildman–Crippen LogP) is 7.14. The van der Waals surface area contributed by atoms with Gasteiger partial charge in [0.25, 0.3) is 0 Å². The smallest absolute Gasteiger partial charge is 0.157 e. The van der Waals surface area contributed by atoms with Crippen LogP contribution in [0.4, 0.5) is 4.39 Å². The number of fused-ring (bicyclic) bond motifs is 1. The molecule has 0 amide bonds. The Morgan fingerprint density at radius 3 is 2.35 bits per heavy atom. The number of hydrogen-bond donors (Lipinski definition) is 0. The van der Waals surface area contributed by atoms with Crippen LogP contribution in [0.1, 0.15) is 42.9 Å². The summed E-state index contributed by atoms with van der Waals surface area (Å²) in [6.45, 7) is 3.78. The summed E-state index contributed by atoms with van der Waals surface area (Å²) in [6, 6.07) is 17.7. The molecule has 4 heteroatoms. The van der Waals surface area contributed by atoms with Gasteiger partial charge in [0.1, 0.15) is 5.82 Å². The highest BCUT2D eigenvalue weighted by molar-refractivity contribution is 6.30. The lowest BCUT2D eigenvalue weighted by atomic mass is 9.98. The fourth-order valence-electron chi connectivity index (χ4n) is 4.27. The maximum Gasteiger partial charge on any atom is 0.157 e. The zero-order valence-electron chi connectivity index (χ0n) is 18.1. The van der Waals surface area contributed by atoms with E-state index < -0.39 is 0 Å². The lowest BCUT2D eigenvalue weighted by molar-refractivity contribution is -0.203. The van der Waals surface area contributed by atoms with E-state index in [1.54, 1.807) is 0 Å². The van der Waals surface area contributed by atoms with Crippen molar-refractivity contribution in [2.45, 2.75) is 51.7 Å². The van der Waals surface area contributed by atoms with Crippen LogP contribution in [-0.4, -0.2) is 19.5 Å². The third-order valence-corrected chi connectivity index (χ3v) is 6.35. The van der Waals surface area contributed by atoms with Crippen LogP contribution in [-0.2, 0) is 28.7 Å². The Kier molecular flexibility index (Phi) is 7.60. The zero-order chi connectivity index (χ0) is 21.6. The molecule has 1 fully saturated rings. The molecule has 0 N–H and O–H groups in total. The van der Waals surface area contributed by atoms with Gasteiger partial charge < -0.3 is 9.47 Å². The van der Waals surface area contributed by atoms with Gasteiger partial charge in [-0.3, -0.25) is 0 Å². The van der Waals surface area contributed by atoms with Gasteiger partial charge in [-0.1, -0.05) is 67.4 Å². The molecule has 3 aromatic carbocycles. The van der Waals surface area contributed by atoms with Crippen molar-refractivity contribution in [3.63, 3.8) is 0 Å². The normalized spacial score (nSPS) is 19.1. The van der Waals surface area contributed by atoms with Gasteiger partial charge in [0.05, 0.1) is 13.2 Å². The summed E-state index contributed by atoms with van der Waals surface area (Å²) in [5.74, 6) is 0.415. The number of hydrogen-bond acceptors (Lipinski definition) is 2. The first-order chi connectivity index (χ1) is 15.1. The van der Waals surface area contributed by atoms with Crippen molar-refractivity contribution < 1.29 is 13.9 Å². The molecule has 0 aromatic heterocycles. The van der Waals surface area contributed by atoms with Crippen molar-refractivity contribution in [3.8, 4) is 0 Å². The maximum atomic E-state index is 15.1.